The summed E-state index contributed by atoms with van der Waals surface area (Å²) in [4.78, 5) is 10.2. The fraction of sp³-hybridized carbons (Fsp3) is 0.308. The van der Waals surface area contributed by atoms with Crippen LogP contribution in [0.3, 0.4) is 0 Å². The molecule has 1 aromatic rings. The first-order valence-electron chi connectivity index (χ1n) is 5.27. The maximum absolute atomic E-state index is 10.2. The molecular weight excluding hydrogens is 204 g/mol. The highest BCUT2D eigenvalue weighted by Gasteiger charge is 1.92. The van der Waals surface area contributed by atoms with E-state index in [2.05, 4.69) is 0 Å². The van der Waals surface area contributed by atoms with Crippen LogP contribution in [-0.4, -0.2) is 17.7 Å². The Morgan fingerprint density at radius 2 is 2.00 bits per heavy atom. The lowest BCUT2D eigenvalue weighted by Crippen LogP contribution is -1.93. The van der Waals surface area contributed by atoms with Crippen molar-refractivity contribution in [2.75, 3.05) is 6.61 Å². The van der Waals surface area contributed by atoms with E-state index in [1.165, 1.54) is 0 Å². The summed E-state index contributed by atoms with van der Waals surface area (Å²) >= 11 is 0. The van der Waals surface area contributed by atoms with E-state index < -0.39 is 5.97 Å². The van der Waals surface area contributed by atoms with Gasteiger partial charge in [0.2, 0.25) is 0 Å². The third-order valence-electron chi connectivity index (χ3n) is 2.02. The molecule has 0 radical (unpaired) electrons. The summed E-state index contributed by atoms with van der Waals surface area (Å²) in [6.07, 6.45) is 4.42. The number of hydrogen-bond acceptors (Lipinski definition) is 2. The lowest BCUT2D eigenvalue weighted by molar-refractivity contribution is -0.136. The average molecular weight is 220 g/mol. The van der Waals surface area contributed by atoms with Crippen molar-refractivity contribution in [2.24, 2.45) is 0 Å². The highest BCUT2D eigenvalue weighted by Crippen LogP contribution is 2.00. The Morgan fingerprint density at radius 3 is 2.69 bits per heavy atom. The van der Waals surface area contributed by atoms with Crippen LogP contribution in [0.4, 0.5) is 0 Å². The van der Waals surface area contributed by atoms with Gasteiger partial charge in [0, 0.05) is 6.42 Å². The van der Waals surface area contributed by atoms with Crippen LogP contribution in [-0.2, 0) is 16.1 Å². The molecule has 0 saturated carbocycles. The van der Waals surface area contributed by atoms with Crippen molar-refractivity contribution in [1.29, 1.82) is 0 Å². The first-order valence-corrected chi connectivity index (χ1v) is 5.27. The van der Waals surface area contributed by atoms with E-state index in [0.29, 0.717) is 19.6 Å². The average Bonchev–Trinajstić information content (AvgIpc) is 2.29. The van der Waals surface area contributed by atoms with Crippen LogP contribution in [0, 0.1) is 0 Å². The van der Waals surface area contributed by atoms with E-state index in [4.69, 9.17) is 9.84 Å². The Hall–Kier alpha value is -1.61. The van der Waals surface area contributed by atoms with Gasteiger partial charge in [-0.15, -0.1) is 0 Å². The van der Waals surface area contributed by atoms with Crippen LogP contribution < -0.4 is 0 Å². The summed E-state index contributed by atoms with van der Waals surface area (Å²) in [5.74, 6) is -0.769. The molecule has 16 heavy (non-hydrogen) atoms. The summed E-state index contributed by atoms with van der Waals surface area (Å²) in [6, 6.07) is 9.93. The van der Waals surface area contributed by atoms with Gasteiger partial charge in [0.25, 0.3) is 0 Å². The summed E-state index contributed by atoms with van der Waals surface area (Å²) in [7, 11) is 0. The maximum Gasteiger partial charge on any atom is 0.303 e. The molecule has 0 aliphatic heterocycles. The normalized spacial score (nSPS) is 10.8. The van der Waals surface area contributed by atoms with E-state index in [1.54, 1.807) is 0 Å². The number of hydrogen-bond donors (Lipinski definition) is 1. The Morgan fingerprint density at radius 1 is 1.25 bits per heavy atom. The van der Waals surface area contributed by atoms with Crippen LogP contribution in [0.1, 0.15) is 18.4 Å². The smallest absolute Gasteiger partial charge is 0.303 e. The van der Waals surface area contributed by atoms with E-state index in [1.807, 2.05) is 42.5 Å². The van der Waals surface area contributed by atoms with Gasteiger partial charge >= 0.3 is 5.97 Å². The Balaban J connectivity index is 2.06. The molecule has 0 fully saturated rings. The molecule has 86 valence electrons. The zero-order valence-corrected chi connectivity index (χ0v) is 9.13. The van der Waals surface area contributed by atoms with Crippen molar-refractivity contribution in [1.82, 2.24) is 0 Å². The molecule has 1 aromatic carbocycles. The lowest BCUT2D eigenvalue weighted by Gasteiger charge is -2.00. The fourth-order valence-corrected chi connectivity index (χ4v) is 1.21. The monoisotopic (exact) mass is 220 g/mol. The predicted molar refractivity (Wildman–Crippen MR) is 62.1 cm³/mol. The van der Waals surface area contributed by atoms with E-state index in [0.717, 1.165) is 5.56 Å². The number of ether oxygens (including phenoxy) is 1. The molecule has 1 rings (SSSR count). The van der Waals surface area contributed by atoms with Gasteiger partial charge < -0.3 is 9.84 Å². The van der Waals surface area contributed by atoms with Crippen LogP contribution in [0.5, 0.6) is 0 Å². The number of aliphatic carboxylic acids is 1. The molecule has 0 saturated heterocycles. The van der Waals surface area contributed by atoms with Gasteiger partial charge in [0.1, 0.15) is 0 Å². The van der Waals surface area contributed by atoms with Crippen LogP contribution in [0.2, 0.25) is 0 Å². The van der Waals surface area contributed by atoms with Crippen LogP contribution in [0.15, 0.2) is 42.5 Å². The fourth-order valence-electron chi connectivity index (χ4n) is 1.21. The quantitative estimate of drug-likeness (QED) is 0.567. The highest BCUT2D eigenvalue weighted by molar-refractivity contribution is 5.66. The van der Waals surface area contributed by atoms with Crippen molar-refractivity contribution in [3.8, 4) is 0 Å². The van der Waals surface area contributed by atoms with E-state index in [-0.39, 0.29) is 6.42 Å². The minimum absolute atomic E-state index is 0.176. The van der Waals surface area contributed by atoms with Crippen molar-refractivity contribution >= 4 is 5.97 Å². The van der Waals surface area contributed by atoms with E-state index in [9.17, 15) is 4.79 Å². The molecule has 0 aromatic heterocycles. The van der Waals surface area contributed by atoms with Gasteiger partial charge in [-0.1, -0.05) is 42.5 Å². The van der Waals surface area contributed by atoms with Crippen molar-refractivity contribution in [3.05, 3.63) is 48.0 Å². The van der Waals surface area contributed by atoms with Gasteiger partial charge in [-0.2, -0.15) is 0 Å². The first-order chi connectivity index (χ1) is 7.79. The SMILES string of the molecule is O=C(O)CC/C=C/COCc1ccccc1. The number of rotatable bonds is 7. The molecule has 3 nitrogen and oxygen atoms in total. The molecule has 0 aliphatic rings. The molecule has 0 unspecified atom stereocenters. The Bertz CT molecular complexity index is 330. The third kappa shape index (κ3) is 5.98. The minimum Gasteiger partial charge on any atom is -0.481 e. The molecule has 3 heteroatoms. The van der Waals surface area contributed by atoms with Gasteiger partial charge in [-0.25, -0.2) is 0 Å². The standard InChI is InChI=1S/C13H16O3/c14-13(15)9-5-2-6-10-16-11-12-7-3-1-4-8-12/h1-4,6-8H,5,9-11H2,(H,14,15)/b6-2+. The number of carbonyl (C=O) groups is 1. The topological polar surface area (TPSA) is 46.5 Å². The summed E-state index contributed by atoms with van der Waals surface area (Å²) in [5.41, 5.74) is 1.14. The molecular formula is C13H16O3. The largest absolute Gasteiger partial charge is 0.481 e. The van der Waals surface area contributed by atoms with E-state index >= 15 is 0 Å². The van der Waals surface area contributed by atoms with Crippen LogP contribution in [0.25, 0.3) is 0 Å². The Kier molecular flexibility index (Phi) is 5.96. The number of benzene rings is 1. The highest BCUT2D eigenvalue weighted by atomic mass is 16.5. The van der Waals surface area contributed by atoms with Gasteiger partial charge in [-0.05, 0) is 12.0 Å². The number of carboxylic acid groups (broad SMARTS) is 1. The molecule has 0 atom stereocenters. The van der Waals surface area contributed by atoms with Crippen molar-refractivity contribution in [2.45, 2.75) is 19.4 Å². The number of allylic oxidation sites excluding steroid dienone is 1. The predicted octanol–water partition coefficient (Wildman–Crippen LogP) is 2.62. The lowest BCUT2D eigenvalue weighted by atomic mass is 10.2. The Labute approximate surface area is 95.4 Å². The molecule has 0 heterocycles. The summed E-state index contributed by atoms with van der Waals surface area (Å²) in [6.45, 7) is 1.11. The second-order valence-corrected chi connectivity index (χ2v) is 3.40. The van der Waals surface area contributed by atoms with Gasteiger partial charge in [-0.3, -0.25) is 4.79 Å². The molecule has 0 amide bonds. The maximum atomic E-state index is 10.2. The van der Waals surface area contributed by atoms with Crippen molar-refractivity contribution < 1.29 is 14.6 Å². The molecule has 1 N–H and O–H groups in total. The summed E-state index contributed by atoms with van der Waals surface area (Å²) in [5, 5.41) is 8.40. The first kappa shape index (κ1) is 12.5. The second kappa shape index (κ2) is 7.65. The van der Waals surface area contributed by atoms with Crippen LogP contribution >= 0.6 is 0 Å². The van der Waals surface area contributed by atoms with Gasteiger partial charge in [0.05, 0.1) is 13.2 Å². The molecule has 0 spiro atoms. The van der Waals surface area contributed by atoms with Crippen molar-refractivity contribution in [3.63, 3.8) is 0 Å². The minimum atomic E-state index is -0.769. The third-order valence-corrected chi connectivity index (χ3v) is 2.02. The zero-order chi connectivity index (χ0) is 11.6. The van der Waals surface area contributed by atoms with Gasteiger partial charge in [0.15, 0.2) is 0 Å². The zero-order valence-electron chi connectivity index (χ0n) is 9.13. The second-order valence-electron chi connectivity index (χ2n) is 3.40. The summed E-state index contributed by atoms with van der Waals surface area (Å²) < 4.78 is 5.39. The molecule has 0 aliphatic carbocycles. The number of carboxylic acids is 1. The molecule has 0 bridgehead atoms.